The highest BCUT2D eigenvalue weighted by molar-refractivity contribution is 7.81. The minimum atomic E-state index is -1.47. The van der Waals surface area contributed by atoms with Crippen molar-refractivity contribution in [2.45, 2.75) is 6.92 Å². The van der Waals surface area contributed by atoms with Gasteiger partial charge in [-0.05, 0) is 19.1 Å². The molecule has 1 atom stereocenters. The third-order valence-corrected chi connectivity index (χ3v) is 5.80. The van der Waals surface area contributed by atoms with Crippen molar-refractivity contribution in [3.05, 3.63) is 30.3 Å². The lowest BCUT2D eigenvalue weighted by atomic mass is 10.2. The second-order valence-corrected chi connectivity index (χ2v) is 8.89. The van der Waals surface area contributed by atoms with Gasteiger partial charge in [0.2, 0.25) is 0 Å². The molecule has 3 nitrogen and oxygen atoms in total. The van der Waals surface area contributed by atoms with Crippen LogP contribution in [-0.4, -0.2) is 32.1 Å². The number of esters is 1. The van der Waals surface area contributed by atoms with E-state index in [-0.39, 0.29) is 0 Å². The first kappa shape index (κ1) is 14.7. The number of carbonyl (C=O) groups excluding carboxylic acids is 1. The Bertz CT molecular complexity index is 437. The van der Waals surface area contributed by atoms with E-state index in [0.717, 1.165) is 0 Å². The Morgan fingerprint density at radius 1 is 1.39 bits per heavy atom. The van der Waals surface area contributed by atoms with Crippen LogP contribution < -0.4 is 5.30 Å². The van der Waals surface area contributed by atoms with E-state index >= 15 is 0 Å². The minimum Gasteiger partial charge on any atom is -0.465 e. The van der Waals surface area contributed by atoms with Crippen molar-refractivity contribution in [3.63, 3.8) is 0 Å². The maximum Gasteiger partial charge on any atom is 0.327 e. The van der Waals surface area contributed by atoms with Crippen LogP contribution in [0.5, 0.6) is 0 Å². The van der Waals surface area contributed by atoms with Crippen LogP contribution in [0.25, 0.3) is 0 Å². The smallest absolute Gasteiger partial charge is 0.327 e. The Morgan fingerprint density at radius 3 is 2.50 bits per heavy atom. The molecule has 0 bridgehead atoms. The molecule has 1 rings (SSSR count). The van der Waals surface area contributed by atoms with Gasteiger partial charge in [0.15, 0.2) is 5.92 Å². The SMILES string of the molecule is CCOC(=O)C(C#N)C[P+](C)(C)c1ccccc1. The molecule has 0 amide bonds. The van der Waals surface area contributed by atoms with Crippen molar-refractivity contribution in [2.24, 2.45) is 5.92 Å². The predicted molar refractivity (Wildman–Crippen MR) is 75.4 cm³/mol. The molecule has 0 fully saturated rings. The minimum absolute atomic E-state index is 0.321. The molecule has 0 saturated heterocycles. The van der Waals surface area contributed by atoms with E-state index < -0.39 is 19.1 Å². The molecular formula is C14H19NO2P+. The summed E-state index contributed by atoms with van der Waals surface area (Å²) in [6.45, 7) is 6.36. The molecule has 1 aromatic carbocycles. The Hall–Kier alpha value is -1.39. The van der Waals surface area contributed by atoms with Gasteiger partial charge < -0.3 is 4.74 Å². The first-order valence-corrected chi connectivity index (χ1v) is 8.83. The van der Waals surface area contributed by atoms with Crippen molar-refractivity contribution in [3.8, 4) is 6.07 Å². The van der Waals surface area contributed by atoms with Gasteiger partial charge in [0.1, 0.15) is 0 Å². The zero-order chi connectivity index (χ0) is 13.6. The number of nitriles is 1. The number of benzene rings is 1. The summed E-state index contributed by atoms with van der Waals surface area (Å²) in [7, 11) is -1.47. The normalized spacial score (nSPS) is 12.6. The fourth-order valence-corrected chi connectivity index (χ4v) is 4.14. The predicted octanol–water partition coefficient (Wildman–Crippen LogP) is 2.29. The zero-order valence-corrected chi connectivity index (χ0v) is 12.0. The number of nitrogens with zero attached hydrogens (tertiary/aromatic N) is 1. The van der Waals surface area contributed by atoms with Gasteiger partial charge in [-0.25, -0.2) is 0 Å². The summed E-state index contributed by atoms with van der Waals surface area (Å²) in [5, 5.41) is 10.3. The van der Waals surface area contributed by atoms with Crippen LogP contribution in [0.1, 0.15) is 6.92 Å². The van der Waals surface area contributed by atoms with Gasteiger partial charge in [0.05, 0.1) is 37.5 Å². The quantitative estimate of drug-likeness (QED) is 0.605. The lowest BCUT2D eigenvalue weighted by Gasteiger charge is -2.19. The average Bonchev–Trinajstić information content (AvgIpc) is 2.37. The molecule has 1 aromatic rings. The number of carbonyl (C=O) groups is 1. The zero-order valence-electron chi connectivity index (χ0n) is 11.1. The first-order valence-electron chi connectivity index (χ1n) is 5.96. The van der Waals surface area contributed by atoms with Gasteiger partial charge in [-0.1, -0.05) is 18.2 Å². The highest BCUT2D eigenvalue weighted by atomic mass is 31.2. The first-order chi connectivity index (χ1) is 8.51. The second kappa shape index (κ2) is 6.52. The summed E-state index contributed by atoms with van der Waals surface area (Å²) < 4.78 is 4.93. The summed E-state index contributed by atoms with van der Waals surface area (Å²) in [5.41, 5.74) is 0. The van der Waals surface area contributed by atoms with E-state index in [1.807, 2.05) is 18.2 Å². The van der Waals surface area contributed by atoms with Crippen LogP contribution in [0.4, 0.5) is 0 Å². The van der Waals surface area contributed by atoms with Crippen molar-refractivity contribution in [1.82, 2.24) is 0 Å². The number of hydrogen-bond acceptors (Lipinski definition) is 3. The van der Waals surface area contributed by atoms with Gasteiger partial charge in [-0.15, -0.1) is 0 Å². The fraction of sp³-hybridized carbons (Fsp3) is 0.429. The Morgan fingerprint density at radius 2 is 2.00 bits per heavy atom. The van der Waals surface area contributed by atoms with Crippen molar-refractivity contribution in [1.29, 1.82) is 5.26 Å². The summed E-state index contributed by atoms with van der Waals surface area (Å²) in [6, 6.07) is 12.1. The molecule has 0 aromatic heterocycles. The second-order valence-electron chi connectivity index (χ2n) is 4.64. The van der Waals surface area contributed by atoms with Crippen LogP contribution in [0.15, 0.2) is 30.3 Å². The molecule has 0 heterocycles. The molecule has 0 aliphatic carbocycles. The number of hydrogen-bond donors (Lipinski definition) is 0. The van der Waals surface area contributed by atoms with E-state index in [2.05, 4.69) is 31.5 Å². The summed E-state index contributed by atoms with van der Waals surface area (Å²) in [4.78, 5) is 11.7. The van der Waals surface area contributed by atoms with Gasteiger partial charge in [-0.3, -0.25) is 4.79 Å². The Kier molecular flexibility index (Phi) is 5.31. The van der Waals surface area contributed by atoms with Crippen LogP contribution in [0, 0.1) is 17.2 Å². The summed E-state index contributed by atoms with van der Waals surface area (Å²) >= 11 is 0. The average molecular weight is 264 g/mol. The topological polar surface area (TPSA) is 50.1 Å². The van der Waals surface area contributed by atoms with E-state index in [0.29, 0.717) is 12.8 Å². The number of ether oxygens (including phenoxy) is 1. The van der Waals surface area contributed by atoms with Crippen molar-refractivity contribution >= 4 is 18.5 Å². The highest BCUT2D eigenvalue weighted by Gasteiger charge is 2.36. The van der Waals surface area contributed by atoms with Crippen LogP contribution >= 0.6 is 7.26 Å². The van der Waals surface area contributed by atoms with E-state index in [4.69, 9.17) is 10.00 Å². The molecule has 18 heavy (non-hydrogen) atoms. The summed E-state index contributed by atoms with van der Waals surface area (Å²) in [5.74, 6) is -1.06. The molecule has 0 N–H and O–H groups in total. The largest absolute Gasteiger partial charge is 0.465 e. The monoisotopic (exact) mass is 264 g/mol. The van der Waals surface area contributed by atoms with E-state index in [1.54, 1.807) is 6.92 Å². The standard InChI is InChI=1S/C14H19NO2P/c1-4-17-14(16)12(10-15)11-18(2,3)13-8-6-5-7-9-13/h5-9,12H,4,11H2,1-3H3/q+1. The van der Waals surface area contributed by atoms with Gasteiger partial charge in [0, 0.05) is 7.26 Å². The highest BCUT2D eigenvalue weighted by Crippen LogP contribution is 2.51. The van der Waals surface area contributed by atoms with Crippen LogP contribution in [0.2, 0.25) is 0 Å². The lowest BCUT2D eigenvalue weighted by molar-refractivity contribution is -0.145. The van der Waals surface area contributed by atoms with E-state index in [1.165, 1.54) is 5.30 Å². The van der Waals surface area contributed by atoms with Crippen LogP contribution in [0.3, 0.4) is 0 Å². The fourth-order valence-electron chi connectivity index (χ4n) is 1.80. The maximum absolute atomic E-state index is 11.7. The van der Waals surface area contributed by atoms with Crippen LogP contribution in [-0.2, 0) is 9.53 Å². The molecule has 0 aliphatic heterocycles. The lowest BCUT2D eigenvalue weighted by Crippen LogP contribution is -2.24. The Balaban J connectivity index is 2.82. The molecule has 0 aliphatic rings. The molecule has 4 heteroatoms. The molecule has 0 spiro atoms. The molecular weight excluding hydrogens is 245 g/mol. The van der Waals surface area contributed by atoms with Gasteiger partial charge in [-0.2, -0.15) is 5.26 Å². The molecule has 0 saturated carbocycles. The van der Waals surface area contributed by atoms with E-state index in [9.17, 15) is 4.79 Å². The third kappa shape index (κ3) is 3.82. The number of rotatable bonds is 5. The third-order valence-electron chi connectivity index (χ3n) is 2.82. The van der Waals surface area contributed by atoms with Crippen molar-refractivity contribution in [2.75, 3.05) is 26.1 Å². The van der Waals surface area contributed by atoms with Crippen molar-refractivity contribution < 1.29 is 9.53 Å². The van der Waals surface area contributed by atoms with Gasteiger partial charge in [0.25, 0.3) is 0 Å². The summed E-state index contributed by atoms with van der Waals surface area (Å²) in [6.07, 6.45) is 0.576. The Labute approximate surface area is 109 Å². The molecule has 1 unspecified atom stereocenters. The molecule has 0 radical (unpaired) electrons. The maximum atomic E-state index is 11.7. The molecule has 96 valence electrons. The van der Waals surface area contributed by atoms with Gasteiger partial charge >= 0.3 is 5.97 Å².